The van der Waals surface area contributed by atoms with Crippen LogP contribution in [0.5, 0.6) is 0 Å². The van der Waals surface area contributed by atoms with Crippen molar-refractivity contribution in [2.24, 2.45) is 0 Å². The molecule has 1 aliphatic heterocycles. The molecule has 0 aromatic carbocycles. The third kappa shape index (κ3) is 3.68. The largest absolute Gasteiger partial charge is 0.468 e. The molecule has 1 heterocycles. The van der Waals surface area contributed by atoms with Crippen LogP contribution in [0.25, 0.3) is 0 Å². The number of piperidine rings is 1. The van der Waals surface area contributed by atoms with E-state index in [1.54, 1.807) is 0 Å². The van der Waals surface area contributed by atoms with Gasteiger partial charge in [0.1, 0.15) is 6.04 Å². The molecular weight excluding hydrogens is 216 g/mol. The van der Waals surface area contributed by atoms with E-state index in [2.05, 4.69) is 17.1 Å². The van der Waals surface area contributed by atoms with E-state index in [4.69, 9.17) is 4.74 Å². The summed E-state index contributed by atoms with van der Waals surface area (Å²) in [5.41, 5.74) is 0. The molecule has 98 valence electrons. The predicted octanol–water partition coefficient (Wildman–Crippen LogP) is 1.15. The van der Waals surface area contributed by atoms with Gasteiger partial charge in [-0.25, -0.2) is 0 Å². The van der Waals surface area contributed by atoms with Gasteiger partial charge in [-0.1, -0.05) is 6.42 Å². The van der Waals surface area contributed by atoms with E-state index in [1.165, 1.54) is 39.2 Å². The highest BCUT2D eigenvalue weighted by Gasteiger charge is 2.31. The Hall–Kier alpha value is -0.610. The van der Waals surface area contributed by atoms with E-state index in [1.807, 2.05) is 0 Å². The van der Waals surface area contributed by atoms with Crippen LogP contribution in [-0.4, -0.2) is 49.2 Å². The van der Waals surface area contributed by atoms with Gasteiger partial charge in [-0.2, -0.15) is 0 Å². The standard InChI is InChI=1S/C13H24N2O2/c1-10-5-3-4-8-15(10)9-12(13(16)17-2)14-11-6-7-11/h10-12,14H,3-9H2,1-2H3. The second kappa shape index (κ2) is 5.83. The summed E-state index contributed by atoms with van der Waals surface area (Å²) in [5, 5.41) is 3.39. The normalized spacial score (nSPS) is 27.8. The zero-order chi connectivity index (χ0) is 12.3. The molecule has 1 aliphatic carbocycles. The first-order valence-electron chi connectivity index (χ1n) is 6.78. The highest BCUT2D eigenvalue weighted by atomic mass is 16.5. The molecule has 17 heavy (non-hydrogen) atoms. The fourth-order valence-corrected chi connectivity index (χ4v) is 2.54. The van der Waals surface area contributed by atoms with Gasteiger partial charge in [-0.05, 0) is 39.2 Å². The van der Waals surface area contributed by atoms with Crippen LogP contribution in [0.1, 0.15) is 39.0 Å². The van der Waals surface area contributed by atoms with Crippen molar-refractivity contribution in [1.29, 1.82) is 0 Å². The van der Waals surface area contributed by atoms with Crippen molar-refractivity contribution in [2.45, 2.75) is 57.2 Å². The Labute approximate surface area is 104 Å². The van der Waals surface area contributed by atoms with Gasteiger partial charge in [-0.3, -0.25) is 9.69 Å². The Morgan fingerprint density at radius 3 is 2.76 bits per heavy atom. The molecule has 2 unspecified atom stereocenters. The van der Waals surface area contributed by atoms with E-state index >= 15 is 0 Å². The monoisotopic (exact) mass is 240 g/mol. The van der Waals surface area contributed by atoms with Crippen molar-refractivity contribution in [3.05, 3.63) is 0 Å². The molecular formula is C13H24N2O2. The van der Waals surface area contributed by atoms with Crippen molar-refractivity contribution in [3.63, 3.8) is 0 Å². The van der Waals surface area contributed by atoms with Crippen LogP contribution in [0.2, 0.25) is 0 Å². The van der Waals surface area contributed by atoms with Crippen LogP contribution >= 0.6 is 0 Å². The molecule has 1 saturated carbocycles. The number of esters is 1. The molecule has 2 fully saturated rings. The summed E-state index contributed by atoms with van der Waals surface area (Å²) >= 11 is 0. The van der Waals surface area contributed by atoms with E-state index < -0.39 is 0 Å². The number of carbonyl (C=O) groups excluding carboxylic acids is 1. The molecule has 1 saturated heterocycles. The van der Waals surface area contributed by atoms with Crippen molar-refractivity contribution in [3.8, 4) is 0 Å². The van der Waals surface area contributed by atoms with Crippen LogP contribution < -0.4 is 5.32 Å². The smallest absolute Gasteiger partial charge is 0.324 e. The van der Waals surface area contributed by atoms with Gasteiger partial charge in [0, 0.05) is 18.6 Å². The summed E-state index contributed by atoms with van der Waals surface area (Å²) in [6.07, 6.45) is 6.21. The summed E-state index contributed by atoms with van der Waals surface area (Å²) in [6, 6.07) is 0.990. The van der Waals surface area contributed by atoms with Crippen LogP contribution in [0.3, 0.4) is 0 Å². The van der Waals surface area contributed by atoms with Crippen LogP contribution in [0.15, 0.2) is 0 Å². The number of carbonyl (C=O) groups is 1. The number of rotatable bonds is 5. The molecule has 0 spiro atoms. The second-order valence-corrected chi connectivity index (χ2v) is 5.36. The number of nitrogens with one attached hydrogen (secondary N) is 1. The molecule has 2 aliphatic rings. The third-order valence-electron chi connectivity index (χ3n) is 3.86. The second-order valence-electron chi connectivity index (χ2n) is 5.36. The molecule has 4 heteroatoms. The number of likely N-dealkylation sites (tertiary alicyclic amines) is 1. The van der Waals surface area contributed by atoms with Crippen LogP contribution in [0.4, 0.5) is 0 Å². The SMILES string of the molecule is COC(=O)C(CN1CCCCC1C)NC1CC1. The predicted molar refractivity (Wildman–Crippen MR) is 66.8 cm³/mol. The minimum Gasteiger partial charge on any atom is -0.468 e. The summed E-state index contributed by atoms with van der Waals surface area (Å²) in [5.74, 6) is -0.116. The van der Waals surface area contributed by atoms with Crippen LogP contribution in [0, 0.1) is 0 Å². The van der Waals surface area contributed by atoms with Crippen molar-refractivity contribution in [1.82, 2.24) is 10.2 Å². The van der Waals surface area contributed by atoms with E-state index in [9.17, 15) is 4.79 Å². The Morgan fingerprint density at radius 2 is 2.18 bits per heavy atom. The van der Waals surface area contributed by atoms with Gasteiger partial charge >= 0.3 is 5.97 Å². The zero-order valence-electron chi connectivity index (χ0n) is 10.9. The maximum atomic E-state index is 11.7. The molecule has 1 N–H and O–H groups in total. The third-order valence-corrected chi connectivity index (χ3v) is 3.86. The minimum atomic E-state index is -0.145. The maximum absolute atomic E-state index is 11.7. The summed E-state index contributed by atoms with van der Waals surface area (Å²) in [6.45, 7) is 4.16. The first kappa shape index (κ1) is 12.8. The van der Waals surface area contributed by atoms with E-state index in [-0.39, 0.29) is 12.0 Å². The lowest BCUT2D eigenvalue weighted by Gasteiger charge is -2.35. The first-order valence-corrected chi connectivity index (χ1v) is 6.78. The molecule has 4 nitrogen and oxygen atoms in total. The number of hydrogen-bond acceptors (Lipinski definition) is 4. The Morgan fingerprint density at radius 1 is 1.41 bits per heavy atom. The van der Waals surface area contributed by atoms with Gasteiger partial charge in [0.2, 0.25) is 0 Å². The molecule has 0 aromatic heterocycles. The average Bonchev–Trinajstić information content (AvgIpc) is 3.14. The summed E-state index contributed by atoms with van der Waals surface area (Å²) < 4.78 is 4.89. The Bertz CT molecular complexity index is 266. The lowest BCUT2D eigenvalue weighted by Crippen LogP contribution is -2.51. The molecule has 2 rings (SSSR count). The molecule has 0 aromatic rings. The lowest BCUT2D eigenvalue weighted by molar-refractivity contribution is -0.144. The minimum absolute atomic E-state index is 0.116. The summed E-state index contributed by atoms with van der Waals surface area (Å²) in [4.78, 5) is 14.2. The molecule has 0 bridgehead atoms. The Balaban J connectivity index is 1.87. The molecule has 0 radical (unpaired) electrons. The van der Waals surface area contributed by atoms with Crippen molar-refractivity contribution >= 4 is 5.97 Å². The number of ether oxygens (including phenoxy) is 1. The van der Waals surface area contributed by atoms with E-state index in [0.29, 0.717) is 12.1 Å². The highest BCUT2D eigenvalue weighted by Crippen LogP contribution is 2.21. The lowest BCUT2D eigenvalue weighted by atomic mass is 10.0. The average molecular weight is 240 g/mol. The number of nitrogens with zero attached hydrogens (tertiary/aromatic N) is 1. The van der Waals surface area contributed by atoms with Crippen molar-refractivity contribution in [2.75, 3.05) is 20.2 Å². The van der Waals surface area contributed by atoms with Gasteiger partial charge in [-0.15, -0.1) is 0 Å². The van der Waals surface area contributed by atoms with Gasteiger partial charge in [0.25, 0.3) is 0 Å². The summed E-state index contributed by atoms with van der Waals surface area (Å²) in [7, 11) is 1.48. The van der Waals surface area contributed by atoms with E-state index in [0.717, 1.165) is 13.1 Å². The zero-order valence-corrected chi connectivity index (χ0v) is 10.9. The van der Waals surface area contributed by atoms with Gasteiger partial charge in [0.15, 0.2) is 0 Å². The van der Waals surface area contributed by atoms with Crippen molar-refractivity contribution < 1.29 is 9.53 Å². The first-order chi connectivity index (χ1) is 8.20. The fourth-order valence-electron chi connectivity index (χ4n) is 2.54. The van der Waals surface area contributed by atoms with Crippen LogP contribution in [-0.2, 0) is 9.53 Å². The van der Waals surface area contributed by atoms with Gasteiger partial charge < -0.3 is 10.1 Å². The molecule has 2 atom stereocenters. The topological polar surface area (TPSA) is 41.6 Å². The highest BCUT2D eigenvalue weighted by molar-refractivity contribution is 5.76. The number of methoxy groups -OCH3 is 1. The maximum Gasteiger partial charge on any atom is 0.324 e. The Kier molecular flexibility index (Phi) is 4.40. The van der Waals surface area contributed by atoms with Gasteiger partial charge in [0.05, 0.1) is 7.11 Å². The fraction of sp³-hybridized carbons (Fsp3) is 0.923. The number of hydrogen-bond donors (Lipinski definition) is 1. The molecule has 0 amide bonds. The quantitative estimate of drug-likeness (QED) is 0.732.